The van der Waals surface area contributed by atoms with Gasteiger partial charge in [-0.05, 0) is 54.7 Å². The first-order valence-electron chi connectivity index (χ1n) is 8.20. The maximum absolute atomic E-state index is 11.2. The summed E-state index contributed by atoms with van der Waals surface area (Å²) in [7, 11) is 1.60. The number of fused-ring (bicyclic) bond motifs is 1. The van der Waals surface area contributed by atoms with Crippen molar-refractivity contribution in [1.82, 2.24) is 4.57 Å². The number of methoxy groups -OCH3 is 1. The molecule has 0 saturated carbocycles. The lowest BCUT2D eigenvalue weighted by Crippen LogP contribution is -1.99. The van der Waals surface area contributed by atoms with Crippen LogP contribution in [0.5, 0.6) is 11.6 Å². The highest BCUT2D eigenvalue weighted by molar-refractivity contribution is 7.73. The lowest BCUT2D eigenvalue weighted by Gasteiger charge is -2.06. The van der Waals surface area contributed by atoms with E-state index in [0.717, 1.165) is 22.6 Å². The quantitative estimate of drug-likeness (QED) is 0.596. The van der Waals surface area contributed by atoms with E-state index in [2.05, 4.69) is 4.99 Å². The van der Waals surface area contributed by atoms with Crippen molar-refractivity contribution < 1.29 is 19.7 Å². The summed E-state index contributed by atoms with van der Waals surface area (Å²) < 4.78 is 7.14. The molecule has 0 amide bonds. The van der Waals surface area contributed by atoms with Crippen LogP contribution in [0.1, 0.15) is 20.8 Å². The number of hydrogen-bond acceptors (Lipinski definition) is 6. The van der Waals surface area contributed by atoms with Crippen molar-refractivity contribution in [2.45, 2.75) is 0 Å². The van der Waals surface area contributed by atoms with Crippen LogP contribution in [0.2, 0.25) is 0 Å². The maximum atomic E-state index is 11.2. The second kappa shape index (κ2) is 7.06. The molecule has 1 aliphatic heterocycles. The normalized spacial score (nSPS) is 13.7. The van der Waals surface area contributed by atoms with Crippen molar-refractivity contribution in [1.29, 1.82) is 0 Å². The first kappa shape index (κ1) is 18.1. The van der Waals surface area contributed by atoms with E-state index in [9.17, 15) is 15.0 Å². The number of aliphatic imine (C=N–C) groups is 1. The molecule has 1 aromatic heterocycles. The molecule has 2 heterocycles. The maximum Gasteiger partial charge on any atom is 0.335 e. The predicted molar refractivity (Wildman–Crippen MR) is 112 cm³/mol. The Morgan fingerprint density at radius 3 is 2.86 bits per heavy atom. The number of carboxylic acids is 1. The van der Waals surface area contributed by atoms with E-state index in [1.54, 1.807) is 25.5 Å². The van der Waals surface area contributed by atoms with Gasteiger partial charge in [-0.3, -0.25) is 9.56 Å². The molecule has 6 nitrogen and oxygen atoms in total. The van der Waals surface area contributed by atoms with Gasteiger partial charge in [0, 0.05) is 17.4 Å². The van der Waals surface area contributed by atoms with E-state index < -0.39 is 5.97 Å². The average Bonchev–Trinajstić information content (AvgIpc) is 3.22. The van der Waals surface area contributed by atoms with Crippen molar-refractivity contribution in [3.63, 3.8) is 0 Å². The Morgan fingerprint density at radius 2 is 2.11 bits per heavy atom. The number of aromatic nitrogens is 1. The largest absolute Gasteiger partial charge is 0.497 e. The van der Waals surface area contributed by atoms with Crippen LogP contribution in [-0.2, 0) is 0 Å². The highest BCUT2D eigenvalue weighted by atomic mass is 32.1. The molecule has 1 aliphatic rings. The van der Waals surface area contributed by atoms with Crippen LogP contribution in [-0.4, -0.2) is 34.1 Å². The summed E-state index contributed by atoms with van der Waals surface area (Å²) in [4.78, 5) is 16.2. The van der Waals surface area contributed by atoms with Gasteiger partial charge in [-0.25, -0.2) is 4.79 Å². The molecule has 4 rings (SSSR count). The summed E-state index contributed by atoms with van der Waals surface area (Å²) in [6, 6.07) is 11.9. The molecule has 3 aromatic rings. The van der Waals surface area contributed by atoms with Gasteiger partial charge >= 0.3 is 5.97 Å². The van der Waals surface area contributed by atoms with Gasteiger partial charge in [-0.2, -0.15) is 0 Å². The molecule has 2 aromatic carbocycles. The lowest BCUT2D eigenvalue weighted by atomic mass is 10.1. The molecule has 0 saturated heterocycles. The Kier molecular flexibility index (Phi) is 4.58. The third-order valence-corrected chi connectivity index (χ3v) is 5.62. The van der Waals surface area contributed by atoms with Crippen LogP contribution in [0.4, 0.5) is 5.69 Å². The number of benzene rings is 2. The van der Waals surface area contributed by atoms with E-state index in [0.29, 0.717) is 14.5 Å². The second-order valence-electron chi connectivity index (χ2n) is 5.99. The Labute approximate surface area is 169 Å². The highest BCUT2D eigenvalue weighted by Gasteiger charge is 2.17. The number of thiazole rings is 1. The summed E-state index contributed by atoms with van der Waals surface area (Å²) in [5.74, 6) is -0.372. The molecule has 8 heteroatoms. The standard InChI is InChI=1S/C20H14N2O4S2/c1-26-14-5-6-16-15(9-14)12(10-21-16)8-17-18(23)22(20(27)28-17)13-4-2-3-11(7-13)19(24)25/h2-10,23H,1H3,(H,24,25). The second-order valence-corrected chi connectivity index (χ2v) is 7.66. The van der Waals surface area contributed by atoms with Gasteiger partial charge in [0.25, 0.3) is 0 Å². The van der Waals surface area contributed by atoms with Gasteiger partial charge in [0.15, 0.2) is 3.95 Å². The molecule has 0 radical (unpaired) electrons. The molecule has 0 aliphatic carbocycles. The summed E-state index contributed by atoms with van der Waals surface area (Å²) >= 11 is 6.63. The van der Waals surface area contributed by atoms with Crippen molar-refractivity contribution in [3.8, 4) is 17.3 Å². The summed E-state index contributed by atoms with van der Waals surface area (Å²) in [5, 5.41) is 19.9. The first-order chi connectivity index (χ1) is 13.5. The Balaban J connectivity index is 1.79. The van der Waals surface area contributed by atoms with Gasteiger partial charge in [0.2, 0.25) is 5.88 Å². The van der Waals surface area contributed by atoms with E-state index in [-0.39, 0.29) is 11.4 Å². The van der Waals surface area contributed by atoms with Gasteiger partial charge in [-0.15, -0.1) is 11.3 Å². The monoisotopic (exact) mass is 410 g/mol. The minimum Gasteiger partial charge on any atom is -0.497 e. The van der Waals surface area contributed by atoms with Gasteiger partial charge in [0.05, 0.1) is 28.9 Å². The third-order valence-electron chi connectivity index (χ3n) is 4.31. The topological polar surface area (TPSA) is 84.0 Å². The fourth-order valence-corrected chi connectivity index (χ4v) is 4.23. The van der Waals surface area contributed by atoms with Gasteiger partial charge in [-0.1, -0.05) is 6.07 Å². The summed E-state index contributed by atoms with van der Waals surface area (Å²) in [6.07, 6.45) is 3.53. The zero-order valence-corrected chi connectivity index (χ0v) is 16.3. The molecular formula is C20H14N2O4S2. The summed E-state index contributed by atoms with van der Waals surface area (Å²) in [5.41, 5.74) is 3.16. The zero-order valence-electron chi connectivity index (χ0n) is 14.6. The number of hydrogen-bond donors (Lipinski definition) is 2. The summed E-state index contributed by atoms with van der Waals surface area (Å²) in [6.45, 7) is 0. The highest BCUT2D eigenvalue weighted by Crippen LogP contribution is 2.38. The predicted octanol–water partition coefficient (Wildman–Crippen LogP) is 4.94. The minimum absolute atomic E-state index is 0.0465. The fourth-order valence-electron chi connectivity index (χ4n) is 2.93. The number of aromatic carboxylic acids is 1. The van der Waals surface area contributed by atoms with E-state index in [1.807, 2.05) is 24.3 Å². The van der Waals surface area contributed by atoms with Crippen molar-refractivity contribution in [2.24, 2.45) is 4.99 Å². The third kappa shape index (κ3) is 3.12. The van der Waals surface area contributed by atoms with Crippen LogP contribution < -0.4 is 4.74 Å². The molecule has 140 valence electrons. The van der Waals surface area contributed by atoms with Crippen LogP contribution in [0.3, 0.4) is 0 Å². The Hall–Kier alpha value is -3.23. The van der Waals surface area contributed by atoms with Gasteiger partial charge in [0.1, 0.15) is 5.75 Å². The molecule has 2 N–H and O–H groups in total. The molecule has 0 unspecified atom stereocenters. The number of ether oxygens (including phenoxy) is 1. The first-order valence-corrected chi connectivity index (χ1v) is 9.43. The smallest absolute Gasteiger partial charge is 0.335 e. The van der Waals surface area contributed by atoms with Crippen molar-refractivity contribution in [2.75, 3.05) is 7.11 Å². The molecule has 0 spiro atoms. The van der Waals surface area contributed by atoms with Gasteiger partial charge < -0.3 is 14.9 Å². The molecule has 0 atom stereocenters. The molecular weight excluding hydrogens is 396 g/mol. The zero-order chi connectivity index (χ0) is 19.8. The number of carboxylic acid groups (broad SMARTS) is 1. The van der Waals surface area contributed by atoms with Crippen LogP contribution in [0.15, 0.2) is 47.5 Å². The lowest BCUT2D eigenvalue weighted by molar-refractivity contribution is 0.0697. The Morgan fingerprint density at radius 1 is 1.29 bits per heavy atom. The number of nitrogens with zero attached hydrogens (tertiary/aromatic N) is 2. The van der Waals surface area contributed by atoms with Crippen molar-refractivity contribution >= 4 is 53.1 Å². The SMILES string of the molecule is COc1ccc2c(c1)C(=Cc1sc(=S)n(-c3cccc(C(=O)O)c3)c1O)C=N2. The average molecular weight is 410 g/mol. The van der Waals surface area contributed by atoms with Crippen molar-refractivity contribution in [3.05, 3.63) is 62.4 Å². The van der Waals surface area contributed by atoms with Crippen LogP contribution in [0.25, 0.3) is 17.3 Å². The number of aromatic hydroxyl groups is 1. The minimum atomic E-state index is -1.04. The number of carbonyl (C=O) groups is 1. The fraction of sp³-hybridized carbons (Fsp3) is 0.0500. The Bertz CT molecular complexity index is 1220. The number of allylic oxidation sites excluding steroid dienone is 1. The van der Waals surface area contributed by atoms with E-state index in [4.69, 9.17) is 17.0 Å². The van der Waals surface area contributed by atoms with Crippen LogP contribution in [0, 0.1) is 3.95 Å². The molecule has 0 bridgehead atoms. The van der Waals surface area contributed by atoms with Crippen LogP contribution >= 0.6 is 23.6 Å². The van der Waals surface area contributed by atoms with E-state index >= 15 is 0 Å². The number of rotatable bonds is 4. The molecule has 0 fully saturated rings. The van der Waals surface area contributed by atoms with E-state index in [1.165, 1.54) is 28.0 Å². The molecule has 28 heavy (non-hydrogen) atoms.